The van der Waals surface area contributed by atoms with Gasteiger partial charge in [0, 0.05) is 39.6 Å². The Morgan fingerprint density at radius 1 is 1.41 bits per heavy atom. The third-order valence-corrected chi connectivity index (χ3v) is 4.84. The first kappa shape index (κ1) is 23.1. The Kier molecular flexibility index (Phi) is 8.86. The minimum atomic E-state index is -0.232. The van der Waals surface area contributed by atoms with Gasteiger partial charge in [-0.25, -0.2) is 9.97 Å². The van der Waals surface area contributed by atoms with Crippen molar-refractivity contribution in [3.63, 3.8) is 0 Å². The number of aryl methyl sites for hydroxylation is 1. The summed E-state index contributed by atoms with van der Waals surface area (Å²) >= 11 is 0. The van der Waals surface area contributed by atoms with Gasteiger partial charge in [0.05, 0.1) is 18.1 Å². The second kappa shape index (κ2) is 11.1. The van der Waals surface area contributed by atoms with Gasteiger partial charge in [-0.2, -0.15) is 5.10 Å². The van der Waals surface area contributed by atoms with Gasteiger partial charge in [-0.3, -0.25) is 14.5 Å². The molecule has 4 N–H and O–H groups in total. The maximum absolute atomic E-state index is 11.2. The molecule has 0 spiro atoms. The fraction of sp³-hybridized carbons (Fsp3) is 0.611. The number of amides is 1. The van der Waals surface area contributed by atoms with Crippen molar-refractivity contribution in [3.8, 4) is 0 Å². The first-order valence-electron chi connectivity index (χ1n) is 9.76. The second-order valence-corrected chi connectivity index (χ2v) is 7.01. The summed E-state index contributed by atoms with van der Waals surface area (Å²) < 4.78 is 1.72. The number of rotatable bonds is 7. The van der Waals surface area contributed by atoms with E-state index < -0.39 is 0 Å². The molecule has 10 nitrogen and oxygen atoms in total. The average Bonchev–Trinajstić information content (AvgIpc) is 3.06. The van der Waals surface area contributed by atoms with E-state index in [4.69, 9.17) is 10.7 Å². The number of guanidine groups is 1. The van der Waals surface area contributed by atoms with Crippen molar-refractivity contribution in [2.24, 2.45) is 23.7 Å². The molecule has 1 aliphatic rings. The Morgan fingerprint density at radius 3 is 3.00 bits per heavy atom. The number of aromatic nitrogens is 4. The van der Waals surface area contributed by atoms with E-state index in [-0.39, 0.29) is 29.9 Å². The van der Waals surface area contributed by atoms with Crippen LogP contribution in [-0.2, 0) is 11.8 Å². The van der Waals surface area contributed by atoms with Crippen molar-refractivity contribution in [1.29, 1.82) is 0 Å². The van der Waals surface area contributed by atoms with Crippen LogP contribution in [0.15, 0.2) is 17.5 Å². The van der Waals surface area contributed by atoms with Gasteiger partial charge in [-0.1, -0.05) is 0 Å². The lowest BCUT2D eigenvalue weighted by Gasteiger charge is -2.34. The van der Waals surface area contributed by atoms with E-state index in [1.807, 2.05) is 7.05 Å². The SMILES string of the molecule is CCNC(=NCCNc1ncnc2c1cnn2C)N1CCCC(CC(N)=O)C1.I. The number of hydrogen-bond acceptors (Lipinski definition) is 6. The largest absolute Gasteiger partial charge is 0.370 e. The van der Waals surface area contributed by atoms with Crippen LogP contribution in [0.4, 0.5) is 5.82 Å². The smallest absolute Gasteiger partial charge is 0.217 e. The van der Waals surface area contributed by atoms with Crippen molar-refractivity contribution in [1.82, 2.24) is 30.0 Å². The lowest BCUT2D eigenvalue weighted by molar-refractivity contribution is -0.119. The van der Waals surface area contributed by atoms with Gasteiger partial charge >= 0.3 is 0 Å². The van der Waals surface area contributed by atoms with E-state index in [0.717, 1.165) is 55.3 Å². The zero-order valence-electron chi connectivity index (χ0n) is 17.0. The molecule has 1 aliphatic heterocycles. The quantitative estimate of drug-likeness (QED) is 0.217. The summed E-state index contributed by atoms with van der Waals surface area (Å²) in [5, 5.41) is 11.8. The van der Waals surface area contributed by atoms with Crippen molar-refractivity contribution in [2.75, 3.05) is 38.0 Å². The van der Waals surface area contributed by atoms with Gasteiger partial charge in [0.2, 0.25) is 5.91 Å². The second-order valence-electron chi connectivity index (χ2n) is 7.01. The summed E-state index contributed by atoms with van der Waals surface area (Å²) in [7, 11) is 1.86. The third kappa shape index (κ3) is 6.15. The molecule has 29 heavy (non-hydrogen) atoms. The number of hydrogen-bond donors (Lipinski definition) is 3. The number of halogens is 1. The van der Waals surface area contributed by atoms with E-state index in [0.29, 0.717) is 25.4 Å². The number of nitrogens with two attached hydrogens (primary N) is 1. The van der Waals surface area contributed by atoms with Gasteiger partial charge in [0.1, 0.15) is 12.1 Å². The summed E-state index contributed by atoms with van der Waals surface area (Å²) in [6.45, 7) is 5.85. The van der Waals surface area contributed by atoms with E-state index in [9.17, 15) is 4.79 Å². The molecule has 0 aliphatic carbocycles. The average molecular weight is 515 g/mol. The summed E-state index contributed by atoms with van der Waals surface area (Å²) in [4.78, 5) is 26.8. The molecule has 1 amide bonds. The Morgan fingerprint density at radius 2 is 2.24 bits per heavy atom. The number of carbonyl (C=O) groups is 1. The molecule has 11 heteroatoms. The summed E-state index contributed by atoms with van der Waals surface area (Å²) in [6.07, 6.45) is 5.81. The van der Waals surface area contributed by atoms with Gasteiger partial charge in [0.15, 0.2) is 11.6 Å². The van der Waals surface area contributed by atoms with Crippen molar-refractivity contribution in [2.45, 2.75) is 26.2 Å². The van der Waals surface area contributed by atoms with Gasteiger partial charge in [-0.15, -0.1) is 24.0 Å². The van der Waals surface area contributed by atoms with E-state index in [1.165, 1.54) is 6.33 Å². The summed E-state index contributed by atoms with van der Waals surface area (Å²) in [5.41, 5.74) is 6.16. The maximum atomic E-state index is 11.2. The van der Waals surface area contributed by atoms with Crippen molar-refractivity contribution in [3.05, 3.63) is 12.5 Å². The molecule has 1 atom stereocenters. The van der Waals surface area contributed by atoms with Crippen molar-refractivity contribution >= 4 is 52.7 Å². The Hall–Kier alpha value is -2.18. The highest BCUT2D eigenvalue weighted by Gasteiger charge is 2.23. The highest BCUT2D eigenvalue weighted by molar-refractivity contribution is 14.0. The van der Waals surface area contributed by atoms with Crippen molar-refractivity contribution < 1.29 is 4.79 Å². The number of carbonyl (C=O) groups excluding carboxylic acids is 1. The van der Waals surface area contributed by atoms with Crippen LogP contribution >= 0.6 is 24.0 Å². The van der Waals surface area contributed by atoms with Gasteiger partial charge in [-0.05, 0) is 25.7 Å². The molecule has 2 aromatic heterocycles. The number of fused-ring (bicyclic) bond motifs is 1. The van der Waals surface area contributed by atoms with Crippen LogP contribution in [0, 0.1) is 5.92 Å². The minimum absolute atomic E-state index is 0. The monoisotopic (exact) mass is 515 g/mol. The fourth-order valence-electron chi connectivity index (χ4n) is 3.57. The Balaban J connectivity index is 0.00000300. The topological polar surface area (TPSA) is 126 Å². The van der Waals surface area contributed by atoms with Gasteiger partial charge in [0.25, 0.3) is 0 Å². The zero-order chi connectivity index (χ0) is 19.9. The molecule has 3 heterocycles. The van der Waals surface area contributed by atoms with Gasteiger partial charge < -0.3 is 21.3 Å². The highest BCUT2D eigenvalue weighted by atomic mass is 127. The number of primary amides is 1. The number of nitrogens with zero attached hydrogens (tertiary/aromatic N) is 6. The Bertz CT molecular complexity index is 838. The Labute approximate surface area is 187 Å². The van der Waals surface area contributed by atoms with E-state index >= 15 is 0 Å². The number of anilines is 1. The normalized spacial score (nSPS) is 17.1. The standard InChI is InChI=1S/C18H29N9O.HI/c1-3-20-18(27-8-4-5-13(11-27)9-15(19)28)22-7-6-21-16-14-10-25-26(2)17(14)24-12-23-16;/h10,12-13H,3-9,11H2,1-2H3,(H2,19,28)(H,20,22)(H,21,23,24);1H. The third-order valence-electron chi connectivity index (χ3n) is 4.84. The predicted octanol–water partition coefficient (Wildman–Crippen LogP) is 0.946. The molecule has 0 radical (unpaired) electrons. The molecule has 0 saturated carbocycles. The van der Waals surface area contributed by atoms with Crippen LogP contribution in [-0.4, -0.2) is 69.2 Å². The molecule has 1 saturated heterocycles. The molecule has 2 aromatic rings. The molecule has 0 aromatic carbocycles. The molecule has 1 fully saturated rings. The van der Waals surface area contributed by atoms with Crippen LogP contribution in [0.25, 0.3) is 11.0 Å². The van der Waals surface area contributed by atoms with Crippen LogP contribution in [0.3, 0.4) is 0 Å². The molecular formula is C18H30IN9O. The molecule has 1 unspecified atom stereocenters. The molecule has 0 bridgehead atoms. The van der Waals surface area contributed by atoms with E-state index in [1.54, 1.807) is 10.9 Å². The van der Waals surface area contributed by atoms with Crippen LogP contribution in [0.1, 0.15) is 26.2 Å². The number of likely N-dealkylation sites (tertiary alicyclic amines) is 1. The molecule has 3 rings (SSSR count). The predicted molar refractivity (Wildman–Crippen MR) is 124 cm³/mol. The fourth-order valence-corrected chi connectivity index (χ4v) is 3.57. The van der Waals surface area contributed by atoms with Crippen LogP contribution in [0.2, 0.25) is 0 Å². The first-order valence-corrected chi connectivity index (χ1v) is 9.76. The maximum Gasteiger partial charge on any atom is 0.217 e. The highest BCUT2D eigenvalue weighted by Crippen LogP contribution is 2.19. The number of aliphatic imine (C=N–C) groups is 1. The number of nitrogens with one attached hydrogen (secondary N) is 2. The summed E-state index contributed by atoms with van der Waals surface area (Å²) in [5.74, 6) is 1.71. The van der Waals surface area contributed by atoms with Crippen LogP contribution < -0.4 is 16.4 Å². The summed E-state index contributed by atoms with van der Waals surface area (Å²) in [6, 6.07) is 0. The molecule has 160 valence electrons. The lowest BCUT2D eigenvalue weighted by atomic mass is 9.95. The molecular weight excluding hydrogens is 485 g/mol. The lowest BCUT2D eigenvalue weighted by Crippen LogP contribution is -2.47. The number of piperidine rings is 1. The zero-order valence-corrected chi connectivity index (χ0v) is 19.3. The minimum Gasteiger partial charge on any atom is -0.370 e. The first-order chi connectivity index (χ1) is 13.6. The van der Waals surface area contributed by atoms with Crippen LogP contribution in [0.5, 0.6) is 0 Å². The van der Waals surface area contributed by atoms with E-state index in [2.05, 4.69) is 37.5 Å².